The Morgan fingerprint density at radius 3 is 2.04 bits per heavy atom. The van der Waals surface area contributed by atoms with E-state index in [9.17, 15) is 13.5 Å². The van der Waals surface area contributed by atoms with E-state index in [1.807, 2.05) is 85.1 Å². The summed E-state index contributed by atoms with van der Waals surface area (Å²) in [5.41, 5.74) is 4.28. The van der Waals surface area contributed by atoms with Crippen molar-refractivity contribution >= 4 is 20.9 Å². The maximum absolute atomic E-state index is 12.5. The number of fused-ring (bicyclic) bond motifs is 1. The number of nitrogens with zero attached hydrogens (tertiary/aromatic N) is 3. The minimum atomic E-state index is -3.19. The lowest BCUT2D eigenvalue weighted by atomic mass is 9.82. The van der Waals surface area contributed by atoms with Crippen molar-refractivity contribution in [1.82, 2.24) is 19.1 Å². The summed E-state index contributed by atoms with van der Waals surface area (Å²) >= 11 is 0. The fraction of sp³-hybridized carbons (Fsp3) is 0.474. The van der Waals surface area contributed by atoms with Crippen molar-refractivity contribution in [3.63, 3.8) is 0 Å². The van der Waals surface area contributed by atoms with Gasteiger partial charge < -0.3 is 19.9 Å². The summed E-state index contributed by atoms with van der Waals surface area (Å²) in [6, 6.07) is 26.1. The average molecular weight is 645 g/mol. The number of likely N-dealkylation sites (N-methyl/N-ethyl adjacent to an activating group) is 1. The highest BCUT2D eigenvalue weighted by molar-refractivity contribution is 7.88. The lowest BCUT2D eigenvalue weighted by Crippen LogP contribution is -2.33. The highest BCUT2D eigenvalue weighted by Gasteiger charge is 2.31. The van der Waals surface area contributed by atoms with Gasteiger partial charge in [0.05, 0.1) is 5.75 Å². The van der Waals surface area contributed by atoms with Gasteiger partial charge in [0.1, 0.15) is 5.60 Å². The summed E-state index contributed by atoms with van der Waals surface area (Å²) in [7, 11) is 0.928. The average Bonchev–Trinajstić information content (AvgIpc) is 3.77. The van der Waals surface area contributed by atoms with E-state index in [1.165, 1.54) is 37.9 Å². The van der Waals surface area contributed by atoms with Crippen molar-refractivity contribution in [1.29, 1.82) is 0 Å². The van der Waals surface area contributed by atoms with Crippen molar-refractivity contribution in [2.24, 2.45) is 0 Å². The molecule has 0 aliphatic carbocycles. The minimum absolute atomic E-state index is 0.0985. The van der Waals surface area contributed by atoms with Crippen LogP contribution in [0, 0.1) is 0 Å². The van der Waals surface area contributed by atoms with Crippen LogP contribution in [0.4, 0.5) is 0 Å². The van der Waals surface area contributed by atoms with E-state index in [0.29, 0.717) is 13.1 Å². The summed E-state index contributed by atoms with van der Waals surface area (Å²) in [5, 5.41) is 12.6. The monoisotopic (exact) mass is 644 g/mol. The van der Waals surface area contributed by atoms with E-state index in [1.54, 1.807) is 4.31 Å². The van der Waals surface area contributed by atoms with Crippen LogP contribution in [0.25, 0.3) is 10.9 Å². The number of likely N-dealkylation sites (tertiary alicyclic amines) is 1. The molecule has 0 saturated carbocycles. The van der Waals surface area contributed by atoms with Gasteiger partial charge in [0.2, 0.25) is 10.0 Å². The number of sulfonamides is 1. The molecule has 0 amide bonds. The van der Waals surface area contributed by atoms with Gasteiger partial charge in [-0.3, -0.25) is 0 Å². The zero-order valence-corrected chi connectivity index (χ0v) is 28.5. The molecule has 7 nitrogen and oxygen atoms in total. The quantitative estimate of drug-likeness (QED) is 0.187. The van der Waals surface area contributed by atoms with Crippen LogP contribution in [0.3, 0.4) is 0 Å². The topological polar surface area (TPSA) is 79.9 Å². The minimum Gasteiger partial charge on any atom is -0.380 e. The van der Waals surface area contributed by atoms with E-state index >= 15 is 0 Å². The third-order valence-electron chi connectivity index (χ3n) is 9.43. The first-order valence-corrected chi connectivity index (χ1v) is 18.6. The van der Waals surface area contributed by atoms with Gasteiger partial charge >= 0.3 is 0 Å². The molecule has 1 aromatic heterocycles. The summed E-state index contributed by atoms with van der Waals surface area (Å²) in [5.74, 6) is 0.0985. The van der Waals surface area contributed by atoms with Gasteiger partial charge in [0.15, 0.2) is 0 Å². The summed E-state index contributed by atoms with van der Waals surface area (Å²) < 4.78 is 26.6. The molecule has 2 fully saturated rings. The molecule has 0 unspecified atom stereocenters. The first kappa shape index (κ1) is 34.3. The molecule has 0 radical (unpaired) electrons. The van der Waals surface area contributed by atoms with E-state index in [2.05, 4.69) is 28.9 Å². The molecular weight excluding hydrogens is 593 g/mol. The van der Waals surface area contributed by atoms with Crippen LogP contribution in [0.1, 0.15) is 67.2 Å². The molecular formula is C38H52N4O3S. The van der Waals surface area contributed by atoms with Gasteiger partial charge in [-0.05, 0) is 113 Å². The van der Waals surface area contributed by atoms with Crippen molar-refractivity contribution in [2.45, 2.75) is 62.7 Å². The van der Waals surface area contributed by atoms with E-state index < -0.39 is 15.6 Å². The van der Waals surface area contributed by atoms with Crippen molar-refractivity contribution in [3.8, 4) is 0 Å². The predicted molar refractivity (Wildman–Crippen MR) is 189 cm³/mol. The highest BCUT2D eigenvalue weighted by Crippen LogP contribution is 2.34. The second-order valence-corrected chi connectivity index (χ2v) is 15.2. The van der Waals surface area contributed by atoms with Crippen LogP contribution in [-0.2, 0) is 27.8 Å². The van der Waals surface area contributed by atoms with E-state index in [4.69, 9.17) is 0 Å². The number of piperidine rings is 1. The molecule has 46 heavy (non-hydrogen) atoms. The maximum atomic E-state index is 12.5. The second-order valence-electron chi connectivity index (χ2n) is 13.2. The number of H-pyrrole nitrogens is 1. The molecule has 2 saturated heterocycles. The van der Waals surface area contributed by atoms with Crippen LogP contribution >= 0.6 is 0 Å². The SMILES string of the molecule is CN(C)CCc1c[nH]c2ccc(CS(=O)(=O)N3CCCC3)cc12.OC(CCCN1CCCCC1)(c1ccccc1)c1ccccc1. The number of nitrogens with one attached hydrogen (secondary N) is 1. The Kier molecular flexibility index (Phi) is 12.1. The number of benzene rings is 3. The zero-order valence-electron chi connectivity index (χ0n) is 27.7. The fourth-order valence-electron chi connectivity index (χ4n) is 6.76. The molecule has 4 aromatic rings. The van der Waals surface area contributed by atoms with Crippen LogP contribution in [0.2, 0.25) is 0 Å². The van der Waals surface area contributed by atoms with Gasteiger partial charge in [-0.25, -0.2) is 12.7 Å². The Labute approximate surface area is 276 Å². The normalized spacial score (nSPS) is 16.5. The fourth-order valence-corrected chi connectivity index (χ4v) is 8.36. The Bertz CT molecular complexity index is 1550. The third-order valence-corrected chi connectivity index (χ3v) is 11.3. The van der Waals surface area contributed by atoms with Gasteiger partial charge in [-0.2, -0.15) is 0 Å². The molecule has 0 atom stereocenters. The molecule has 0 spiro atoms. The molecule has 0 bridgehead atoms. The second kappa shape index (κ2) is 16.2. The molecule has 2 aliphatic rings. The Morgan fingerprint density at radius 1 is 0.826 bits per heavy atom. The van der Waals surface area contributed by atoms with Gasteiger partial charge in [0.25, 0.3) is 0 Å². The molecule has 2 N–H and O–H groups in total. The molecule has 8 heteroatoms. The summed E-state index contributed by atoms with van der Waals surface area (Å²) in [6.45, 7) is 5.83. The molecule has 6 rings (SSSR count). The first-order valence-electron chi connectivity index (χ1n) is 17.0. The summed E-state index contributed by atoms with van der Waals surface area (Å²) in [6.07, 6.45) is 10.7. The largest absolute Gasteiger partial charge is 0.380 e. The third kappa shape index (κ3) is 9.07. The lowest BCUT2D eigenvalue weighted by Gasteiger charge is -2.32. The Balaban J connectivity index is 0.000000181. The number of rotatable bonds is 12. The van der Waals surface area contributed by atoms with Crippen LogP contribution in [0.15, 0.2) is 85.1 Å². The first-order chi connectivity index (χ1) is 22.2. The van der Waals surface area contributed by atoms with Crippen molar-refractivity contribution in [3.05, 3.63) is 107 Å². The van der Waals surface area contributed by atoms with E-state index in [-0.39, 0.29) is 5.75 Å². The Hall–Kier alpha value is -3.01. The zero-order chi connectivity index (χ0) is 32.4. The Morgan fingerprint density at radius 2 is 1.43 bits per heavy atom. The standard InChI is InChI=1S/C21H27NO.C17H25N3O2S/c23-21(19-11-4-1-5-12-19,20-13-6-2-7-14-20)15-10-18-22-16-8-3-9-17-22;1-19(2)10-7-15-12-18-17-6-5-14(11-16(15)17)13-23(21,22)20-8-3-4-9-20/h1-2,4-7,11-14,23H,3,8-10,15-18H2;5-6,11-12,18H,3-4,7-10,13H2,1-2H3. The predicted octanol–water partition coefficient (Wildman–Crippen LogP) is 6.39. The lowest BCUT2D eigenvalue weighted by molar-refractivity contribution is 0.0638. The van der Waals surface area contributed by atoms with Gasteiger partial charge in [-0.1, -0.05) is 73.2 Å². The van der Waals surface area contributed by atoms with Gasteiger partial charge in [0, 0.05) is 36.7 Å². The number of hydrogen-bond donors (Lipinski definition) is 2. The number of hydrogen-bond acceptors (Lipinski definition) is 5. The van der Waals surface area contributed by atoms with Crippen LogP contribution < -0.4 is 0 Å². The number of aromatic amines is 1. The van der Waals surface area contributed by atoms with E-state index in [0.717, 1.165) is 72.8 Å². The molecule has 2 aliphatic heterocycles. The number of aromatic nitrogens is 1. The molecule has 3 aromatic carbocycles. The molecule has 248 valence electrons. The highest BCUT2D eigenvalue weighted by atomic mass is 32.2. The maximum Gasteiger partial charge on any atom is 0.218 e. The van der Waals surface area contributed by atoms with Crippen LogP contribution in [-0.4, -0.2) is 86.0 Å². The molecule has 3 heterocycles. The van der Waals surface area contributed by atoms with Crippen molar-refractivity contribution in [2.75, 3.05) is 53.4 Å². The van der Waals surface area contributed by atoms with Gasteiger partial charge in [-0.15, -0.1) is 0 Å². The number of aliphatic hydroxyl groups is 1. The summed E-state index contributed by atoms with van der Waals surface area (Å²) in [4.78, 5) is 7.97. The smallest absolute Gasteiger partial charge is 0.218 e. The van der Waals surface area contributed by atoms with Crippen molar-refractivity contribution < 1.29 is 13.5 Å². The van der Waals surface area contributed by atoms with Crippen LogP contribution in [0.5, 0.6) is 0 Å².